The Labute approximate surface area is 208 Å². The molecule has 0 aliphatic carbocycles. The SMILES string of the molecule is CN1C(=O)c2c(O)c(=O)c(C(=N)SC(=N)Cc3ccc(F)cc3F)cn2N(C)C12CCNC(=O)CC2. The Morgan fingerprint density at radius 2 is 1.92 bits per heavy atom. The first kappa shape index (κ1) is 25.4. The van der Waals surface area contributed by atoms with E-state index in [2.05, 4.69) is 5.32 Å². The molecule has 1 unspecified atom stereocenters. The molecule has 0 bridgehead atoms. The van der Waals surface area contributed by atoms with Crippen LogP contribution in [0.3, 0.4) is 0 Å². The summed E-state index contributed by atoms with van der Waals surface area (Å²) in [6.07, 6.45) is 1.88. The van der Waals surface area contributed by atoms with E-state index in [0.717, 1.165) is 6.07 Å². The molecule has 2 aromatic rings. The van der Waals surface area contributed by atoms with Crippen LogP contribution in [0.25, 0.3) is 0 Å². The molecule has 0 radical (unpaired) electrons. The highest BCUT2D eigenvalue weighted by Crippen LogP contribution is 2.35. The van der Waals surface area contributed by atoms with Gasteiger partial charge in [-0.15, -0.1) is 0 Å². The van der Waals surface area contributed by atoms with Gasteiger partial charge in [0.15, 0.2) is 11.4 Å². The zero-order valence-corrected chi connectivity index (χ0v) is 20.3. The third kappa shape index (κ3) is 4.23. The Balaban J connectivity index is 1.67. The van der Waals surface area contributed by atoms with Crippen LogP contribution in [0, 0.1) is 22.5 Å². The lowest BCUT2D eigenvalue weighted by Gasteiger charge is -2.53. The molecule has 2 aliphatic rings. The van der Waals surface area contributed by atoms with Crippen molar-refractivity contribution < 1.29 is 23.5 Å². The minimum Gasteiger partial charge on any atom is -0.502 e. The fourth-order valence-electron chi connectivity index (χ4n) is 4.59. The Kier molecular flexibility index (Phi) is 6.60. The minimum absolute atomic E-state index is 0.0542. The Hall–Kier alpha value is -3.74. The number of carbonyl (C=O) groups excluding carboxylic acids is 2. The number of aromatic nitrogens is 1. The van der Waals surface area contributed by atoms with Crippen molar-refractivity contribution in [3.8, 4) is 5.75 Å². The highest BCUT2D eigenvalue weighted by atomic mass is 32.2. The van der Waals surface area contributed by atoms with Crippen molar-refractivity contribution in [1.82, 2.24) is 14.9 Å². The maximum absolute atomic E-state index is 14.0. The molecule has 4 rings (SSSR count). The Morgan fingerprint density at radius 1 is 1.19 bits per heavy atom. The van der Waals surface area contributed by atoms with Crippen molar-refractivity contribution in [1.29, 1.82) is 10.8 Å². The summed E-state index contributed by atoms with van der Waals surface area (Å²) >= 11 is 0.580. The molecule has 1 fully saturated rings. The molecule has 3 heterocycles. The number of hydrogen-bond donors (Lipinski definition) is 4. The van der Waals surface area contributed by atoms with Crippen molar-refractivity contribution in [3.63, 3.8) is 0 Å². The maximum atomic E-state index is 14.0. The molecular formula is C23H24F2N6O4S. The van der Waals surface area contributed by atoms with Gasteiger partial charge in [0.1, 0.15) is 22.3 Å². The fraction of sp³-hybridized carbons (Fsp3) is 0.348. The van der Waals surface area contributed by atoms with Gasteiger partial charge in [-0.25, -0.2) is 8.78 Å². The van der Waals surface area contributed by atoms with Crippen LogP contribution >= 0.6 is 11.8 Å². The third-order valence-electron chi connectivity index (χ3n) is 6.66. The highest BCUT2D eigenvalue weighted by Gasteiger charge is 2.49. The first-order valence-corrected chi connectivity index (χ1v) is 11.8. The normalized spacial score (nSPS) is 19.7. The number of nitrogens with one attached hydrogen (secondary N) is 3. The molecule has 36 heavy (non-hydrogen) atoms. The number of nitrogens with zero attached hydrogens (tertiary/aromatic N) is 3. The van der Waals surface area contributed by atoms with Crippen LogP contribution in [-0.4, -0.2) is 62.9 Å². The molecule has 10 nitrogen and oxygen atoms in total. The van der Waals surface area contributed by atoms with Crippen LogP contribution in [0.2, 0.25) is 0 Å². The van der Waals surface area contributed by atoms with E-state index in [9.17, 15) is 28.3 Å². The second-order valence-electron chi connectivity index (χ2n) is 8.65. The zero-order valence-electron chi connectivity index (χ0n) is 19.5. The van der Waals surface area contributed by atoms with Crippen molar-refractivity contribution in [3.05, 3.63) is 63.1 Å². The van der Waals surface area contributed by atoms with Crippen molar-refractivity contribution in [2.45, 2.75) is 31.3 Å². The Morgan fingerprint density at radius 3 is 2.61 bits per heavy atom. The standard InChI is InChI=1S/C23H24F2N6O4S/c1-29-22(35)18-20(34)19(33)14(11-31(18)30(2)23(29)6-5-17(32)28-8-7-23)21(27)36-16(26)9-12-3-4-13(24)10-15(12)25/h3-4,10-11,26-27,34H,5-9H2,1-2H3,(H,28,32). The van der Waals surface area contributed by atoms with Crippen LogP contribution in [-0.2, 0) is 11.2 Å². The van der Waals surface area contributed by atoms with Gasteiger partial charge in [-0.2, -0.15) is 0 Å². The second-order valence-corrected chi connectivity index (χ2v) is 9.76. The number of fused-ring (bicyclic) bond motifs is 1. The van der Waals surface area contributed by atoms with E-state index in [4.69, 9.17) is 10.8 Å². The first-order chi connectivity index (χ1) is 17.0. The monoisotopic (exact) mass is 518 g/mol. The molecule has 1 aromatic carbocycles. The molecule has 1 spiro atoms. The van der Waals surface area contributed by atoms with Crippen LogP contribution in [0.1, 0.15) is 40.9 Å². The quantitative estimate of drug-likeness (QED) is 0.360. The van der Waals surface area contributed by atoms with Crippen LogP contribution in [0.4, 0.5) is 8.78 Å². The Bertz CT molecular complexity index is 1360. The smallest absolute Gasteiger partial charge is 0.278 e. The van der Waals surface area contributed by atoms with Crippen LogP contribution in [0.5, 0.6) is 5.75 Å². The number of rotatable bonds is 3. The van der Waals surface area contributed by atoms with Gasteiger partial charge in [0, 0.05) is 52.2 Å². The summed E-state index contributed by atoms with van der Waals surface area (Å²) in [4.78, 5) is 39.5. The second kappa shape index (κ2) is 9.37. The maximum Gasteiger partial charge on any atom is 0.278 e. The van der Waals surface area contributed by atoms with Gasteiger partial charge in [0.25, 0.3) is 5.91 Å². The largest absolute Gasteiger partial charge is 0.502 e. The molecule has 190 valence electrons. The summed E-state index contributed by atoms with van der Waals surface area (Å²) < 4.78 is 28.4. The number of thioether (sulfide) groups is 1. The van der Waals surface area contributed by atoms with Gasteiger partial charge in [-0.3, -0.25) is 34.9 Å². The fourth-order valence-corrected chi connectivity index (χ4v) is 5.32. The highest BCUT2D eigenvalue weighted by molar-refractivity contribution is 8.26. The van der Waals surface area contributed by atoms with E-state index < -0.39 is 34.4 Å². The summed E-state index contributed by atoms with van der Waals surface area (Å²) in [5, 5.41) is 31.1. The lowest BCUT2D eigenvalue weighted by molar-refractivity contribution is -0.121. The van der Waals surface area contributed by atoms with E-state index in [1.165, 1.54) is 21.8 Å². The van der Waals surface area contributed by atoms with Gasteiger partial charge in [-0.1, -0.05) is 17.8 Å². The van der Waals surface area contributed by atoms with Gasteiger partial charge in [-0.05, 0) is 18.1 Å². The van der Waals surface area contributed by atoms with Gasteiger partial charge < -0.3 is 15.3 Å². The van der Waals surface area contributed by atoms with E-state index in [0.29, 0.717) is 37.2 Å². The lowest BCUT2D eigenvalue weighted by Crippen LogP contribution is -2.68. The van der Waals surface area contributed by atoms with Gasteiger partial charge in [0.2, 0.25) is 11.3 Å². The molecule has 1 saturated heterocycles. The number of benzene rings is 1. The summed E-state index contributed by atoms with van der Waals surface area (Å²) in [6.45, 7) is 0.317. The number of halogens is 2. The van der Waals surface area contributed by atoms with Crippen molar-refractivity contribution in [2.24, 2.45) is 0 Å². The number of pyridine rings is 1. The number of hydrogen-bond acceptors (Lipinski definition) is 8. The zero-order chi connectivity index (χ0) is 26.4. The summed E-state index contributed by atoms with van der Waals surface area (Å²) in [5.41, 5.74) is -2.36. The predicted molar refractivity (Wildman–Crippen MR) is 130 cm³/mol. The van der Waals surface area contributed by atoms with E-state index in [-0.39, 0.29) is 45.7 Å². The lowest BCUT2D eigenvalue weighted by atomic mass is 9.96. The molecule has 2 amide bonds. The average Bonchev–Trinajstić information content (AvgIpc) is 3.02. The van der Waals surface area contributed by atoms with Crippen LogP contribution < -0.4 is 15.8 Å². The molecule has 4 N–H and O–H groups in total. The summed E-state index contributed by atoms with van der Waals surface area (Å²) in [5.74, 6) is -3.18. The summed E-state index contributed by atoms with van der Waals surface area (Å²) in [6, 6.07) is 2.96. The molecular weight excluding hydrogens is 494 g/mol. The van der Waals surface area contributed by atoms with E-state index >= 15 is 0 Å². The number of carbonyl (C=O) groups is 2. The molecule has 2 aliphatic heterocycles. The van der Waals surface area contributed by atoms with Crippen molar-refractivity contribution >= 4 is 33.7 Å². The van der Waals surface area contributed by atoms with Gasteiger partial charge in [0.05, 0.1) is 10.6 Å². The third-order valence-corrected chi connectivity index (χ3v) is 7.47. The summed E-state index contributed by atoms with van der Waals surface area (Å²) in [7, 11) is 3.20. The van der Waals surface area contributed by atoms with E-state index in [1.54, 1.807) is 19.1 Å². The average molecular weight is 519 g/mol. The predicted octanol–water partition coefficient (Wildman–Crippen LogP) is 1.76. The molecule has 0 saturated carbocycles. The first-order valence-electron chi connectivity index (χ1n) is 11.0. The number of amides is 2. The topological polar surface area (TPSA) is 143 Å². The minimum atomic E-state index is -0.955. The van der Waals surface area contributed by atoms with Gasteiger partial charge >= 0.3 is 0 Å². The van der Waals surface area contributed by atoms with E-state index in [1.807, 2.05) is 0 Å². The van der Waals surface area contributed by atoms with Crippen molar-refractivity contribution in [2.75, 3.05) is 25.6 Å². The number of aromatic hydroxyl groups is 1. The molecule has 13 heteroatoms. The molecule has 1 aromatic heterocycles. The molecule has 1 atom stereocenters. The van der Waals surface area contributed by atoms with Crippen LogP contribution in [0.15, 0.2) is 29.2 Å².